The van der Waals surface area contributed by atoms with Gasteiger partial charge in [0.05, 0.1) is 6.54 Å². The third-order valence-corrected chi connectivity index (χ3v) is 3.05. The van der Waals surface area contributed by atoms with E-state index in [1.807, 2.05) is 54.6 Å². The summed E-state index contributed by atoms with van der Waals surface area (Å²) >= 11 is 3.42. The second kappa shape index (κ2) is 7.07. The summed E-state index contributed by atoms with van der Waals surface area (Å²) in [5.74, 6) is -0.0406. The minimum absolute atomic E-state index is 0.0406. The second-order valence-corrected chi connectivity index (χ2v) is 5.06. The van der Waals surface area contributed by atoms with Gasteiger partial charge in [0.1, 0.15) is 0 Å². The number of hydrogen-bond acceptors (Lipinski definition) is 2. The van der Waals surface area contributed by atoms with Gasteiger partial charge in [0.25, 0.3) is 0 Å². The summed E-state index contributed by atoms with van der Waals surface area (Å²) in [4.78, 5) is 11.7. The van der Waals surface area contributed by atoms with Gasteiger partial charge in [-0.3, -0.25) is 4.79 Å². The molecule has 2 rings (SSSR count). The monoisotopic (exact) mass is 318 g/mol. The van der Waals surface area contributed by atoms with Crippen LogP contribution in [0.4, 0.5) is 5.69 Å². The van der Waals surface area contributed by atoms with Gasteiger partial charge in [-0.15, -0.1) is 0 Å². The molecule has 0 radical (unpaired) electrons. The average molecular weight is 319 g/mol. The van der Waals surface area contributed by atoms with Crippen molar-refractivity contribution < 1.29 is 4.79 Å². The molecule has 2 aromatic carbocycles. The number of halogens is 1. The highest BCUT2D eigenvalue weighted by Crippen LogP contribution is 2.11. The molecule has 0 aliphatic heterocycles. The molecule has 0 saturated heterocycles. The van der Waals surface area contributed by atoms with E-state index in [4.69, 9.17) is 0 Å². The Kier molecular flexibility index (Phi) is 5.12. The molecule has 0 fully saturated rings. The lowest BCUT2D eigenvalue weighted by atomic mass is 10.2. The van der Waals surface area contributed by atoms with Gasteiger partial charge in [-0.2, -0.15) is 0 Å². The zero-order chi connectivity index (χ0) is 13.5. The zero-order valence-corrected chi connectivity index (χ0v) is 12.0. The quantitative estimate of drug-likeness (QED) is 0.889. The normalized spacial score (nSPS) is 10.2. The first-order chi connectivity index (χ1) is 9.24. The first-order valence-corrected chi connectivity index (χ1v) is 6.83. The predicted molar refractivity (Wildman–Crippen MR) is 80.9 cm³/mol. The molecule has 0 aliphatic carbocycles. The largest absolute Gasteiger partial charge is 0.325 e. The molecule has 0 aromatic heterocycles. The fourth-order valence-corrected chi connectivity index (χ4v) is 2.14. The van der Waals surface area contributed by atoms with Gasteiger partial charge in [0, 0.05) is 16.7 Å². The van der Waals surface area contributed by atoms with Crippen molar-refractivity contribution in [1.29, 1.82) is 0 Å². The molecule has 0 heterocycles. The van der Waals surface area contributed by atoms with E-state index in [0.29, 0.717) is 13.1 Å². The second-order valence-electron chi connectivity index (χ2n) is 4.15. The molecule has 19 heavy (non-hydrogen) atoms. The fraction of sp³-hybridized carbons (Fsp3) is 0.133. The third-order valence-electron chi connectivity index (χ3n) is 2.56. The summed E-state index contributed by atoms with van der Waals surface area (Å²) in [5.41, 5.74) is 1.96. The number of para-hydroxylation sites is 1. The van der Waals surface area contributed by atoms with E-state index < -0.39 is 0 Å². The lowest BCUT2D eigenvalue weighted by molar-refractivity contribution is -0.115. The van der Waals surface area contributed by atoms with Crippen LogP contribution in [-0.2, 0) is 11.3 Å². The maximum Gasteiger partial charge on any atom is 0.238 e. The molecule has 0 atom stereocenters. The number of nitrogens with one attached hydrogen (secondary N) is 2. The van der Waals surface area contributed by atoms with Crippen LogP contribution in [0.3, 0.4) is 0 Å². The predicted octanol–water partition coefficient (Wildman–Crippen LogP) is 3.18. The van der Waals surface area contributed by atoms with Crippen molar-refractivity contribution in [2.24, 2.45) is 0 Å². The van der Waals surface area contributed by atoms with Crippen LogP contribution < -0.4 is 10.6 Å². The summed E-state index contributed by atoms with van der Waals surface area (Å²) in [6, 6.07) is 17.4. The third kappa shape index (κ3) is 4.85. The Morgan fingerprint density at radius 3 is 2.58 bits per heavy atom. The van der Waals surface area contributed by atoms with Crippen LogP contribution in [0.25, 0.3) is 0 Å². The summed E-state index contributed by atoms with van der Waals surface area (Å²) in [6.07, 6.45) is 0. The molecule has 2 aromatic rings. The average Bonchev–Trinajstić information content (AvgIpc) is 2.40. The van der Waals surface area contributed by atoms with E-state index >= 15 is 0 Å². The molecule has 4 heteroatoms. The molecule has 1 amide bonds. The van der Waals surface area contributed by atoms with Crippen molar-refractivity contribution in [2.45, 2.75) is 6.54 Å². The number of carbonyl (C=O) groups is 1. The van der Waals surface area contributed by atoms with E-state index in [-0.39, 0.29) is 5.91 Å². The summed E-state index contributed by atoms with van der Waals surface area (Å²) in [7, 11) is 0. The Morgan fingerprint density at radius 1 is 1.05 bits per heavy atom. The Morgan fingerprint density at radius 2 is 1.84 bits per heavy atom. The minimum atomic E-state index is -0.0406. The molecule has 0 spiro atoms. The number of amides is 1. The molecule has 2 N–H and O–H groups in total. The molecule has 0 bridgehead atoms. The smallest absolute Gasteiger partial charge is 0.238 e. The Bertz CT molecular complexity index is 543. The van der Waals surface area contributed by atoms with Gasteiger partial charge in [-0.1, -0.05) is 46.3 Å². The number of rotatable bonds is 5. The molecule has 3 nitrogen and oxygen atoms in total. The molecule has 0 saturated carbocycles. The van der Waals surface area contributed by atoms with Crippen molar-refractivity contribution in [3.8, 4) is 0 Å². The van der Waals surface area contributed by atoms with Gasteiger partial charge in [0.2, 0.25) is 5.91 Å². The molecular weight excluding hydrogens is 304 g/mol. The van der Waals surface area contributed by atoms with Crippen molar-refractivity contribution in [3.05, 3.63) is 64.6 Å². The highest BCUT2D eigenvalue weighted by Gasteiger charge is 2.01. The standard InChI is InChI=1S/C15H15BrN2O/c16-13-6-4-5-12(9-13)10-17-11-15(19)18-14-7-2-1-3-8-14/h1-9,17H,10-11H2,(H,18,19). The SMILES string of the molecule is O=C(CNCc1cccc(Br)c1)Nc1ccccc1. The molecule has 0 aliphatic rings. The van der Waals surface area contributed by atoms with Crippen LogP contribution in [0.15, 0.2) is 59.1 Å². The number of hydrogen-bond donors (Lipinski definition) is 2. The van der Waals surface area contributed by atoms with Crippen molar-refractivity contribution in [3.63, 3.8) is 0 Å². The number of carbonyl (C=O) groups excluding carboxylic acids is 1. The maximum absolute atomic E-state index is 11.7. The number of benzene rings is 2. The van der Waals surface area contributed by atoms with Gasteiger partial charge in [0.15, 0.2) is 0 Å². The van der Waals surface area contributed by atoms with Gasteiger partial charge < -0.3 is 10.6 Å². The van der Waals surface area contributed by atoms with Crippen LogP contribution in [0.5, 0.6) is 0 Å². The Balaban J connectivity index is 1.75. The lowest BCUT2D eigenvalue weighted by Gasteiger charge is -2.07. The molecule has 0 unspecified atom stereocenters. The summed E-state index contributed by atoms with van der Waals surface area (Å²) in [5, 5.41) is 5.94. The number of anilines is 1. The van der Waals surface area contributed by atoms with E-state index in [1.165, 1.54) is 0 Å². The minimum Gasteiger partial charge on any atom is -0.325 e. The first-order valence-electron chi connectivity index (χ1n) is 6.04. The molecule has 98 valence electrons. The van der Waals surface area contributed by atoms with Gasteiger partial charge in [-0.25, -0.2) is 0 Å². The topological polar surface area (TPSA) is 41.1 Å². The van der Waals surface area contributed by atoms with Crippen LogP contribution in [0.2, 0.25) is 0 Å². The Labute approximate surface area is 121 Å². The maximum atomic E-state index is 11.7. The van der Waals surface area contributed by atoms with Crippen LogP contribution in [0, 0.1) is 0 Å². The first kappa shape index (κ1) is 13.8. The zero-order valence-electron chi connectivity index (χ0n) is 10.4. The van der Waals surface area contributed by atoms with E-state index in [9.17, 15) is 4.79 Å². The highest BCUT2D eigenvalue weighted by atomic mass is 79.9. The van der Waals surface area contributed by atoms with E-state index in [0.717, 1.165) is 15.7 Å². The summed E-state index contributed by atoms with van der Waals surface area (Å²) in [6.45, 7) is 0.961. The van der Waals surface area contributed by atoms with Crippen molar-refractivity contribution in [1.82, 2.24) is 5.32 Å². The van der Waals surface area contributed by atoms with Crippen LogP contribution >= 0.6 is 15.9 Å². The van der Waals surface area contributed by atoms with Gasteiger partial charge >= 0.3 is 0 Å². The van der Waals surface area contributed by atoms with Crippen molar-refractivity contribution in [2.75, 3.05) is 11.9 Å². The van der Waals surface area contributed by atoms with Crippen LogP contribution in [-0.4, -0.2) is 12.5 Å². The Hall–Kier alpha value is -1.65. The summed E-state index contributed by atoms with van der Waals surface area (Å²) < 4.78 is 1.04. The fourth-order valence-electron chi connectivity index (χ4n) is 1.69. The van der Waals surface area contributed by atoms with E-state index in [1.54, 1.807) is 0 Å². The van der Waals surface area contributed by atoms with Crippen molar-refractivity contribution >= 4 is 27.5 Å². The van der Waals surface area contributed by atoms with E-state index in [2.05, 4.69) is 26.6 Å². The lowest BCUT2D eigenvalue weighted by Crippen LogP contribution is -2.27. The highest BCUT2D eigenvalue weighted by molar-refractivity contribution is 9.10. The van der Waals surface area contributed by atoms with Crippen LogP contribution in [0.1, 0.15) is 5.56 Å². The molecular formula is C15H15BrN2O. The van der Waals surface area contributed by atoms with Gasteiger partial charge in [-0.05, 0) is 29.8 Å².